The Kier molecular flexibility index (Phi) is 10.00. The molecule has 0 saturated carbocycles. The molecule has 0 aliphatic heterocycles. The molecule has 5 heterocycles. The third-order valence-electron chi connectivity index (χ3n) is 17.8. The molecule has 0 bridgehead atoms. The Balaban J connectivity index is 1.09. The quantitative estimate of drug-likeness (QED) is 0.166. The van der Waals surface area contributed by atoms with Crippen LogP contribution in [0.3, 0.4) is 0 Å². The summed E-state index contributed by atoms with van der Waals surface area (Å²) in [5, 5.41) is 38.9. The molecule has 0 aliphatic rings. The third kappa shape index (κ3) is 6.50. The zero-order valence-corrected chi connectivity index (χ0v) is 46.3. The van der Waals surface area contributed by atoms with Crippen molar-refractivity contribution in [2.45, 2.75) is 0 Å². The number of para-hydroxylation sites is 6. The van der Waals surface area contributed by atoms with Crippen molar-refractivity contribution in [3.05, 3.63) is 278 Å². The molecule has 0 N–H and O–H groups in total. The molecule has 0 aliphatic carbocycles. The zero-order valence-electron chi connectivity index (χ0n) is 45.5. The van der Waals surface area contributed by atoms with Gasteiger partial charge in [-0.25, -0.2) is 0 Å². The van der Waals surface area contributed by atoms with Crippen molar-refractivity contribution in [1.82, 2.24) is 18.3 Å². The van der Waals surface area contributed by atoms with Gasteiger partial charge in [0.05, 0.1) is 66.9 Å². The molecule has 0 saturated heterocycles. The second-order valence-electron chi connectivity index (χ2n) is 22.1. The number of thiophene rings is 1. The van der Waals surface area contributed by atoms with E-state index < -0.39 is 0 Å². The van der Waals surface area contributed by atoms with E-state index >= 15 is 0 Å². The fourth-order valence-corrected chi connectivity index (χ4v) is 15.7. The molecule has 5 aromatic heterocycles. The van der Waals surface area contributed by atoms with Crippen LogP contribution in [0.2, 0.25) is 0 Å². The normalized spacial score (nSPS) is 12.0. The summed E-state index contributed by atoms with van der Waals surface area (Å²) in [6, 6.07) is 101. The van der Waals surface area contributed by atoms with Crippen LogP contribution in [0.25, 0.3) is 163 Å². The number of benzene rings is 13. The van der Waals surface area contributed by atoms with Crippen molar-refractivity contribution in [2.24, 2.45) is 0 Å². The summed E-state index contributed by atoms with van der Waals surface area (Å²) in [4.78, 5) is 0. The molecular weight excluding hydrogens is 1050 g/mol. The van der Waals surface area contributed by atoms with Gasteiger partial charge in [0.1, 0.15) is 23.3 Å². The maximum atomic E-state index is 13.0. The number of nitrogens with zero attached hydrogens (tertiary/aromatic N) is 6. The molecule has 0 radical (unpaired) electrons. The van der Waals surface area contributed by atoms with E-state index in [-0.39, 0.29) is 0 Å². The van der Waals surface area contributed by atoms with E-state index in [1.165, 1.54) is 26.4 Å². The Morgan fingerprint density at radius 3 is 1.11 bits per heavy atom. The van der Waals surface area contributed by atoms with E-state index in [9.17, 15) is 10.5 Å². The minimum absolute atomic E-state index is 0.417. The van der Waals surface area contributed by atoms with Crippen molar-refractivity contribution in [2.75, 3.05) is 0 Å². The maximum absolute atomic E-state index is 13.0. The summed E-state index contributed by atoms with van der Waals surface area (Å²) in [6.45, 7) is 0. The van der Waals surface area contributed by atoms with Crippen LogP contribution in [0, 0.1) is 22.7 Å². The summed E-state index contributed by atoms with van der Waals surface area (Å²) < 4.78 is 11.5. The van der Waals surface area contributed by atoms with Crippen LogP contribution in [0.15, 0.2) is 267 Å². The second kappa shape index (κ2) is 18.0. The van der Waals surface area contributed by atoms with Gasteiger partial charge >= 0.3 is 0 Å². The molecule has 7 heteroatoms. The lowest BCUT2D eigenvalue weighted by atomic mass is 9.91. The predicted octanol–water partition coefficient (Wildman–Crippen LogP) is 20.7. The van der Waals surface area contributed by atoms with Crippen LogP contribution < -0.4 is 0 Å². The summed E-state index contributed by atoms with van der Waals surface area (Å²) >= 11 is 1.81. The molecule has 0 unspecified atom stereocenters. The van der Waals surface area contributed by atoms with Crippen LogP contribution >= 0.6 is 11.3 Å². The average molecular weight is 1100 g/mol. The van der Waals surface area contributed by atoms with Crippen molar-refractivity contribution in [1.29, 1.82) is 10.5 Å². The number of fused-ring (bicyclic) bond motifs is 17. The third-order valence-corrected chi connectivity index (χ3v) is 19.0. The van der Waals surface area contributed by atoms with E-state index in [0.717, 1.165) is 114 Å². The molecule has 18 aromatic rings. The first-order chi connectivity index (χ1) is 42.2. The number of nitriles is 2. The largest absolute Gasteiger partial charge is 0.306 e. The summed E-state index contributed by atoms with van der Waals surface area (Å²) in [7, 11) is 0. The number of aromatic nitrogens is 4. The van der Waals surface area contributed by atoms with Crippen LogP contribution in [-0.4, -0.2) is 18.3 Å². The van der Waals surface area contributed by atoms with Crippen LogP contribution in [0.5, 0.6) is 0 Å². The van der Waals surface area contributed by atoms with Gasteiger partial charge in [-0.15, -0.1) is 11.3 Å². The number of hydrogen-bond donors (Lipinski definition) is 0. The van der Waals surface area contributed by atoms with Crippen LogP contribution in [-0.2, 0) is 0 Å². The highest BCUT2D eigenvalue weighted by atomic mass is 32.1. The van der Waals surface area contributed by atoms with E-state index in [1.54, 1.807) is 11.3 Å². The molecule has 13 aromatic carbocycles. The van der Waals surface area contributed by atoms with Gasteiger partial charge in [-0.1, -0.05) is 206 Å². The summed E-state index contributed by atoms with van der Waals surface area (Å²) in [5.41, 5.74) is 15.2. The van der Waals surface area contributed by atoms with Gasteiger partial charge < -0.3 is 18.3 Å². The topological polar surface area (TPSA) is 67.3 Å². The fourth-order valence-electron chi connectivity index (χ4n) is 14.4. The molecule has 0 spiro atoms. The Morgan fingerprint density at radius 2 is 0.647 bits per heavy atom. The average Bonchev–Trinajstić information content (AvgIpc) is 1.82. The lowest BCUT2D eigenvalue weighted by molar-refractivity contribution is 1.02. The van der Waals surface area contributed by atoms with Gasteiger partial charge in [0.25, 0.3) is 0 Å². The van der Waals surface area contributed by atoms with Gasteiger partial charge in [0.15, 0.2) is 0 Å². The van der Waals surface area contributed by atoms with Gasteiger partial charge in [0.2, 0.25) is 0 Å². The van der Waals surface area contributed by atoms with Crippen LogP contribution in [0.1, 0.15) is 11.1 Å². The highest BCUT2D eigenvalue weighted by Crippen LogP contribution is 2.51. The number of hydrogen-bond acceptors (Lipinski definition) is 3. The first-order valence-corrected chi connectivity index (χ1v) is 29.4. The minimum Gasteiger partial charge on any atom is -0.306 e. The maximum Gasteiger partial charge on any atom is 0.104 e. The molecule has 392 valence electrons. The van der Waals surface area contributed by atoms with Gasteiger partial charge in [0, 0.05) is 63.3 Å². The molecule has 0 fully saturated rings. The molecule has 0 amide bonds. The smallest absolute Gasteiger partial charge is 0.104 e. The van der Waals surface area contributed by atoms with Crippen molar-refractivity contribution < 1.29 is 0 Å². The molecule has 0 atom stereocenters. The Labute approximate surface area is 490 Å². The Bertz CT molecular complexity index is 5840. The minimum atomic E-state index is 0.417. The Morgan fingerprint density at radius 1 is 0.271 bits per heavy atom. The van der Waals surface area contributed by atoms with E-state index in [0.29, 0.717) is 33.9 Å². The number of rotatable bonds is 6. The lowest BCUT2D eigenvalue weighted by Gasteiger charge is -2.27. The zero-order chi connectivity index (χ0) is 56.0. The van der Waals surface area contributed by atoms with Crippen molar-refractivity contribution in [3.63, 3.8) is 0 Å². The molecule has 6 nitrogen and oxygen atoms in total. The SMILES string of the molecule is N#Cc1c(-n2c3ccccc3c3ccccc32)c(-n2c3ccccc3c3ccccc32)c(C#N)c(-n2c3ccc(-c4cccc5cccc(-c6ccccc6)c45)cc3c3c4sc5ccccc5c4ccc32)c1-n1c2ccccc2c2ccccc21. The second-order valence-corrected chi connectivity index (χ2v) is 23.1. The lowest BCUT2D eigenvalue weighted by Crippen LogP contribution is -2.16. The highest BCUT2D eigenvalue weighted by Gasteiger charge is 2.35. The monoisotopic (exact) mass is 1100 g/mol. The first kappa shape index (κ1) is 47.2. The van der Waals surface area contributed by atoms with E-state index in [4.69, 9.17) is 0 Å². The highest BCUT2D eigenvalue weighted by molar-refractivity contribution is 7.26. The van der Waals surface area contributed by atoms with Crippen molar-refractivity contribution in [3.8, 4) is 57.1 Å². The van der Waals surface area contributed by atoms with E-state index in [2.05, 4.69) is 297 Å². The molecule has 85 heavy (non-hydrogen) atoms. The van der Waals surface area contributed by atoms with Crippen molar-refractivity contribution >= 4 is 130 Å². The first-order valence-electron chi connectivity index (χ1n) is 28.6. The molecular formula is C78H44N6S. The summed E-state index contributed by atoms with van der Waals surface area (Å²) in [5.74, 6) is 0. The van der Waals surface area contributed by atoms with E-state index in [1.807, 2.05) is 0 Å². The molecule has 18 rings (SSSR count). The Hall–Kier alpha value is -11.5. The van der Waals surface area contributed by atoms with Gasteiger partial charge in [-0.05, 0) is 93.7 Å². The predicted molar refractivity (Wildman–Crippen MR) is 354 cm³/mol. The van der Waals surface area contributed by atoms with Gasteiger partial charge in [-0.3, -0.25) is 0 Å². The summed E-state index contributed by atoms with van der Waals surface area (Å²) in [6.07, 6.45) is 0. The fraction of sp³-hybridized carbons (Fsp3) is 0. The van der Waals surface area contributed by atoms with Gasteiger partial charge in [-0.2, -0.15) is 10.5 Å². The standard InChI is InChI=1S/C78H44N6S/c79-45-61-74(81-63-33-11-4-24-52(63)53-25-5-12-34-64(53)81)75(82-65-35-13-6-26-54(65)55-27-7-14-36-66(55)82)62(46-80)77(76(61)83-67-37-15-8-28-56(67)57-29-9-16-38-68(57)83)84-69-42-40-49(51-32-19-23-48-22-18-31-50(72(48)51)47-20-2-1-3-21-47)44-60(69)73-70(84)43-41-59-58-30-10-17-39-71(58)85-78(59)73/h1-44H. The van der Waals surface area contributed by atoms with Crippen LogP contribution in [0.4, 0.5) is 0 Å².